The predicted molar refractivity (Wildman–Crippen MR) is 141 cm³/mol. The molecule has 0 spiro atoms. The zero-order valence-corrected chi connectivity index (χ0v) is 22.2. The third-order valence-corrected chi connectivity index (χ3v) is 7.50. The van der Waals surface area contributed by atoms with E-state index >= 15 is 0 Å². The molecule has 2 fully saturated rings. The standard InChI is InChI=1S/C27H36N6O5/c1-16(15-36-2)38-27-31-19(26(35)30-18-5-4-6-21(18)34)13-23(32-27)33-11-8-17(9-12-33)25-24-20(14-29-25)28-10-7-22(24)37-3/h7,10,13,16-18,21,34H,4-6,8-9,11-12,14-15H2,1-3H3,(H,30,35)/t16-,18-,21+/m1/s1. The van der Waals surface area contributed by atoms with Crippen LogP contribution in [-0.4, -0.2) is 83.8 Å². The van der Waals surface area contributed by atoms with Crippen LogP contribution in [0.3, 0.4) is 0 Å². The summed E-state index contributed by atoms with van der Waals surface area (Å²) >= 11 is 0. The summed E-state index contributed by atoms with van der Waals surface area (Å²) in [6, 6.07) is 3.46. The molecule has 2 aliphatic heterocycles. The number of amides is 1. The van der Waals surface area contributed by atoms with Crippen molar-refractivity contribution < 1.29 is 24.1 Å². The van der Waals surface area contributed by atoms with Gasteiger partial charge >= 0.3 is 6.01 Å². The first-order chi connectivity index (χ1) is 18.5. The number of hydrogen-bond acceptors (Lipinski definition) is 10. The summed E-state index contributed by atoms with van der Waals surface area (Å²) < 4.78 is 16.7. The van der Waals surface area contributed by atoms with E-state index in [0.717, 1.165) is 61.5 Å². The summed E-state index contributed by atoms with van der Waals surface area (Å²) in [5, 5.41) is 13.1. The van der Waals surface area contributed by atoms with Gasteiger partial charge in [0.1, 0.15) is 23.4 Å². The van der Waals surface area contributed by atoms with Crippen molar-refractivity contribution >= 4 is 17.4 Å². The molecule has 0 bridgehead atoms. The number of aliphatic hydroxyl groups excluding tert-OH is 1. The number of aliphatic imine (C=N–C) groups is 1. The van der Waals surface area contributed by atoms with Gasteiger partial charge in [0.25, 0.3) is 5.91 Å². The van der Waals surface area contributed by atoms with Crippen LogP contribution in [0.25, 0.3) is 0 Å². The van der Waals surface area contributed by atoms with Crippen LogP contribution in [0.15, 0.2) is 23.3 Å². The molecule has 2 aromatic heterocycles. The molecule has 4 heterocycles. The molecule has 1 saturated heterocycles. The number of aromatic nitrogens is 3. The van der Waals surface area contributed by atoms with E-state index in [1.165, 1.54) is 0 Å². The van der Waals surface area contributed by atoms with Gasteiger partial charge in [0.15, 0.2) is 0 Å². The lowest BCUT2D eigenvalue weighted by atomic mass is 9.88. The molecule has 1 aliphatic carbocycles. The van der Waals surface area contributed by atoms with Crippen molar-refractivity contribution in [1.29, 1.82) is 0 Å². The van der Waals surface area contributed by atoms with Gasteiger partial charge in [-0.2, -0.15) is 9.97 Å². The van der Waals surface area contributed by atoms with Crippen molar-refractivity contribution in [3.05, 3.63) is 35.3 Å². The molecule has 0 aromatic carbocycles. The highest BCUT2D eigenvalue weighted by Crippen LogP contribution is 2.34. The Kier molecular flexibility index (Phi) is 8.04. The van der Waals surface area contributed by atoms with E-state index in [0.29, 0.717) is 25.4 Å². The number of anilines is 1. The molecule has 3 atom stereocenters. The maximum Gasteiger partial charge on any atom is 0.319 e. The smallest absolute Gasteiger partial charge is 0.319 e. The van der Waals surface area contributed by atoms with Crippen LogP contribution in [-0.2, 0) is 11.3 Å². The van der Waals surface area contributed by atoms with E-state index in [9.17, 15) is 9.90 Å². The molecule has 2 N–H and O–H groups in total. The second-order valence-electron chi connectivity index (χ2n) is 10.2. The fraction of sp³-hybridized carbons (Fsp3) is 0.593. The molecule has 0 unspecified atom stereocenters. The van der Waals surface area contributed by atoms with E-state index in [2.05, 4.69) is 25.2 Å². The number of nitrogens with one attached hydrogen (secondary N) is 1. The highest BCUT2D eigenvalue weighted by Gasteiger charge is 2.32. The third-order valence-electron chi connectivity index (χ3n) is 7.50. The molecule has 0 radical (unpaired) electrons. The third kappa shape index (κ3) is 5.58. The zero-order valence-electron chi connectivity index (χ0n) is 22.2. The quantitative estimate of drug-likeness (QED) is 0.506. The average Bonchev–Trinajstić information content (AvgIpc) is 3.54. The topological polar surface area (TPSA) is 131 Å². The summed E-state index contributed by atoms with van der Waals surface area (Å²) in [5.41, 5.74) is 3.29. The van der Waals surface area contributed by atoms with Crippen LogP contribution in [0, 0.1) is 5.92 Å². The first kappa shape index (κ1) is 26.3. The molecule has 1 amide bonds. The normalized spacial score (nSPS) is 22.1. The summed E-state index contributed by atoms with van der Waals surface area (Å²) in [5.74, 6) is 1.41. The predicted octanol–water partition coefficient (Wildman–Crippen LogP) is 2.16. The number of piperidine rings is 1. The Morgan fingerprint density at radius 3 is 2.74 bits per heavy atom. The molecule has 2 aromatic rings. The lowest BCUT2D eigenvalue weighted by Crippen LogP contribution is -2.40. The fourth-order valence-corrected chi connectivity index (χ4v) is 5.55. The van der Waals surface area contributed by atoms with Crippen LogP contribution in [0.2, 0.25) is 0 Å². The Balaban J connectivity index is 1.32. The number of nitrogens with zero attached hydrogens (tertiary/aromatic N) is 5. The molecular formula is C27H36N6O5. The van der Waals surface area contributed by atoms with E-state index in [1.807, 2.05) is 13.0 Å². The molecule has 11 heteroatoms. The Labute approximate surface area is 222 Å². The van der Waals surface area contributed by atoms with Gasteiger partial charge < -0.3 is 29.5 Å². The van der Waals surface area contributed by atoms with Crippen molar-refractivity contribution in [2.24, 2.45) is 10.9 Å². The van der Waals surface area contributed by atoms with E-state index in [-0.39, 0.29) is 35.7 Å². The zero-order chi connectivity index (χ0) is 26.6. The molecule has 38 heavy (non-hydrogen) atoms. The Morgan fingerprint density at radius 2 is 2.03 bits per heavy atom. The monoisotopic (exact) mass is 524 g/mol. The number of fused-ring (bicyclic) bond motifs is 1. The molecular weight excluding hydrogens is 488 g/mol. The lowest BCUT2D eigenvalue weighted by Gasteiger charge is -2.33. The summed E-state index contributed by atoms with van der Waals surface area (Å²) in [4.78, 5) is 33.6. The van der Waals surface area contributed by atoms with Gasteiger partial charge in [-0.15, -0.1) is 0 Å². The minimum atomic E-state index is -0.533. The van der Waals surface area contributed by atoms with Crippen molar-refractivity contribution in [1.82, 2.24) is 20.3 Å². The fourth-order valence-electron chi connectivity index (χ4n) is 5.55. The van der Waals surface area contributed by atoms with E-state index in [4.69, 9.17) is 19.2 Å². The summed E-state index contributed by atoms with van der Waals surface area (Å²) in [7, 11) is 3.28. The first-order valence-corrected chi connectivity index (χ1v) is 13.3. The van der Waals surface area contributed by atoms with Crippen LogP contribution in [0.4, 0.5) is 5.82 Å². The number of carbonyl (C=O) groups excluding carboxylic acids is 1. The Bertz CT molecular complexity index is 1180. The highest BCUT2D eigenvalue weighted by atomic mass is 16.5. The second-order valence-corrected chi connectivity index (χ2v) is 10.2. The van der Waals surface area contributed by atoms with Gasteiger partial charge in [-0.05, 0) is 45.1 Å². The maximum atomic E-state index is 13.1. The molecule has 3 aliphatic rings. The van der Waals surface area contributed by atoms with Crippen LogP contribution < -0.4 is 19.7 Å². The minimum Gasteiger partial charge on any atom is -0.496 e. The Morgan fingerprint density at radius 1 is 1.21 bits per heavy atom. The van der Waals surface area contributed by atoms with Gasteiger partial charge in [-0.3, -0.25) is 14.8 Å². The number of rotatable bonds is 9. The van der Waals surface area contributed by atoms with Crippen molar-refractivity contribution in [3.8, 4) is 11.8 Å². The van der Waals surface area contributed by atoms with E-state index < -0.39 is 6.10 Å². The van der Waals surface area contributed by atoms with Crippen molar-refractivity contribution in [2.75, 3.05) is 38.8 Å². The Hall–Kier alpha value is -3.31. The maximum absolute atomic E-state index is 13.1. The van der Waals surface area contributed by atoms with E-state index in [1.54, 1.807) is 26.5 Å². The largest absolute Gasteiger partial charge is 0.496 e. The first-order valence-electron chi connectivity index (χ1n) is 13.3. The average molecular weight is 525 g/mol. The number of pyridine rings is 1. The molecule has 11 nitrogen and oxygen atoms in total. The van der Waals surface area contributed by atoms with Crippen LogP contribution >= 0.6 is 0 Å². The van der Waals surface area contributed by atoms with Gasteiger partial charge in [0.2, 0.25) is 0 Å². The summed E-state index contributed by atoms with van der Waals surface area (Å²) in [6.07, 6.45) is 5.04. The van der Waals surface area contributed by atoms with Crippen LogP contribution in [0.1, 0.15) is 60.8 Å². The number of carbonyl (C=O) groups is 1. The van der Waals surface area contributed by atoms with Gasteiger partial charge in [-0.25, -0.2) is 0 Å². The van der Waals surface area contributed by atoms with Gasteiger partial charge in [0, 0.05) is 38.4 Å². The SMILES string of the molecule is COC[C@@H](C)Oc1nc(C(=O)N[C@@H]2CCC[C@@H]2O)cc(N2CCC(C3=NCc4nccc(OC)c43)CC2)n1. The number of methoxy groups -OCH3 is 2. The minimum absolute atomic E-state index is 0.135. The number of hydrogen-bond donors (Lipinski definition) is 2. The molecule has 204 valence electrons. The lowest BCUT2D eigenvalue weighted by molar-refractivity contribution is 0.0826. The second kappa shape index (κ2) is 11.6. The van der Waals surface area contributed by atoms with Gasteiger partial charge in [-0.1, -0.05) is 0 Å². The van der Waals surface area contributed by atoms with Gasteiger partial charge in [0.05, 0.1) is 49.4 Å². The number of ether oxygens (including phenoxy) is 3. The highest BCUT2D eigenvalue weighted by molar-refractivity contribution is 6.07. The number of aliphatic hydroxyl groups is 1. The molecule has 5 rings (SSSR count). The van der Waals surface area contributed by atoms with Crippen molar-refractivity contribution in [2.45, 2.75) is 63.8 Å². The molecule has 1 saturated carbocycles. The van der Waals surface area contributed by atoms with Crippen LogP contribution in [0.5, 0.6) is 11.8 Å². The van der Waals surface area contributed by atoms with Crippen molar-refractivity contribution in [3.63, 3.8) is 0 Å². The summed E-state index contributed by atoms with van der Waals surface area (Å²) in [6.45, 7) is 4.31.